The molecule has 19 heavy (non-hydrogen) atoms. The molecule has 0 bridgehead atoms. The van der Waals surface area contributed by atoms with E-state index in [9.17, 15) is 9.59 Å². The predicted molar refractivity (Wildman–Crippen MR) is 72.6 cm³/mol. The van der Waals surface area contributed by atoms with E-state index in [1.807, 2.05) is 0 Å². The largest absolute Gasteiger partial charge is 0.481 e. The van der Waals surface area contributed by atoms with Crippen molar-refractivity contribution in [3.63, 3.8) is 0 Å². The number of hydrogen-bond donors (Lipinski definition) is 2. The molecule has 4 heteroatoms. The summed E-state index contributed by atoms with van der Waals surface area (Å²) in [4.78, 5) is 23.2. The molecule has 2 aliphatic carbocycles. The molecule has 2 saturated carbocycles. The molecular weight excluding hydrogens is 242 g/mol. The van der Waals surface area contributed by atoms with Crippen molar-refractivity contribution in [3.8, 4) is 0 Å². The average molecular weight is 267 g/mol. The summed E-state index contributed by atoms with van der Waals surface area (Å²) < 4.78 is 0. The van der Waals surface area contributed by atoms with Gasteiger partial charge in [0, 0.05) is 12.0 Å². The van der Waals surface area contributed by atoms with E-state index in [1.54, 1.807) is 0 Å². The van der Waals surface area contributed by atoms with E-state index < -0.39 is 5.97 Å². The molecular formula is C15H25NO3. The lowest BCUT2D eigenvalue weighted by molar-refractivity contribution is -0.144. The minimum absolute atomic E-state index is 0.0775. The van der Waals surface area contributed by atoms with Crippen LogP contribution >= 0.6 is 0 Å². The number of carboxylic acid groups (broad SMARTS) is 1. The molecule has 3 unspecified atom stereocenters. The van der Waals surface area contributed by atoms with Crippen LogP contribution in [0, 0.1) is 17.3 Å². The number of rotatable bonds is 3. The van der Waals surface area contributed by atoms with E-state index in [0.717, 1.165) is 38.5 Å². The van der Waals surface area contributed by atoms with Crippen molar-refractivity contribution in [2.45, 2.75) is 64.8 Å². The van der Waals surface area contributed by atoms with Crippen molar-refractivity contribution >= 4 is 11.9 Å². The second-order valence-corrected chi connectivity index (χ2v) is 7.01. The van der Waals surface area contributed by atoms with Gasteiger partial charge >= 0.3 is 5.97 Å². The Hall–Kier alpha value is -1.06. The van der Waals surface area contributed by atoms with Crippen LogP contribution in [0.25, 0.3) is 0 Å². The SMILES string of the molecule is CC1(C)CCC(NC(=O)C2CCCC(C(=O)O)C2)C1. The van der Waals surface area contributed by atoms with E-state index >= 15 is 0 Å². The quantitative estimate of drug-likeness (QED) is 0.826. The third-order valence-electron chi connectivity index (χ3n) is 4.71. The molecule has 4 nitrogen and oxygen atoms in total. The number of amides is 1. The number of aliphatic carboxylic acids is 1. The van der Waals surface area contributed by atoms with Crippen LogP contribution in [0.3, 0.4) is 0 Å². The van der Waals surface area contributed by atoms with E-state index in [1.165, 1.54) is 0 Å². The first-order valence-corrected chi connectivity index (χ1v) is 7.40. The molecule has 0 aliphatic heterocycles. The normalized spacial score (nSPS) is 33.9. The van der Waals surface area contributed by atoms with Gasteiger partial charge in [0.2, 0.25) is 5.91 Å². The molecule has 2 N–H and O–H groups in total. The van der Waals surface area contributed by atoms with Gasteiger partial charge in [0.05, 0.1) is 5.92 Å². The Labute approximate surface area is 115 Å². The predicted octanol–water partition coefficient (Wildman–Crippen LogP) is 2.57. The maximum absolute atomic E-state index is 12.2. The van der Waals surface area contributed by atoms with Gasteiger partial charge in [0.1, 0.15) is 0 Å². The van der Waals surface area contributed by atoms with Crippen LogP contribution in [0.2, 0.25) is 0 Å². The first kappa shape index (κ1) is 14.4. The number of carboxylic acids is 1. The van der Waals surface area contributed by atoms with Gasteiger partial charge in [-0.05, 0) is 43.9 Å². The average Bonchev–Trinajstić information content (AvgIpc) is 2.68. The summed E-state index contributed by atoms with van der Waals surface area (Å²) in [6, 6.07) is 0.285. The van der Waals surface area contributed by atoms with Crippen molar-refractivity contribution in [2.75, 3.05) is 0 Å². The highest BCUT2D eigenvalue weighted by molar-refractivity contribution is 5.80. The second kappa shape index (κ2) is 5.51. The molecule has 0 aromatic rings. The van der Waals surface area contributed by atoms with E-state index in [0.29, 0.717) is 11.8 Å². The highest BCUT2D eigenvalue weighted by Crippen LogP contribution is 2.37. The fourth-order valence-corrected chi connectivity index (χ4v) is 3.53. The number of nitrogens with one attached hydrogen (secondary N) is 1. The summed E-state index contributed by atoms with van der Waals surface area (Å²) in [6.07, 6.45) is 6.16. The minimum atomic E-state index is -0.750. The second-order valence-electron chi connectivity index (χ2n) is 7.01. The summed E-state index contributed by atoms with van der Waals surface area (Å²) in [5.74, 6) is -1.10. The van der Waals surface area contributed by atoms with Crippen LogP contribution in [-0.4, -0.2) is 23.0 Å². The third kappa shape index (κ3) is 3.71. The highest BCUT2D eigenvalue weighted by Gasteiger charge is 2.35. The molecule has 0 aromatic carbocycles. The molecule has 0 radical (unpaired) electrons. The van der Waals surface area contributed by atoms with Crippen LogP contribution in [0.1, 0.15) is 58.8 Å². The van der Waals surface area contributed by atoms with Gasteiger partial charge in [-0.15, -0.1) is 0 Å². The summed E-state index contributed by atoms with van der Waals surface area (Å²) in [5.41, 5.74) is 0.327. The summed E-state index contributed by atoms with van der Waals surface area (Å²) in [6.45, 7) is 4.47. The van der Waals surface area contributed by atoms with Crippen molar-refractivity contribution in [1.29, 1.82) is 0 Å². The first-order chi connectivity index (χ1) is 8.87. The molecule has 0 saturated heterocycles. The maximum Gasteiger partial charge on any atom is 0.306 e. The van der Waals surface area contributed by atoms with Crippen LogP contribution in [-0.2, 0) is 9.59 Å². The van der Waals surface area contributed by atoms with Gasteiger partial charge in [-0.2, -0.15) is 0 Å². The molecule has 2 rings (SSSR count). The van der Waals surface area contributed by atoms with Crippen LogP contribution in [0.15, 0.2) is 0 Å². The van der Waals surface area contributed by atoms with Crippen molar-refractivity contribution in [2.24, 2.45) is 17.3 Å². The number of carbonyl (C=O) groups excluding carboxylic acids is 1. The standard InChI is InChI=1S/C15H25NO3/c1-15(2)7-6-12(9-15)16-13(17)10-4-3-5-11(8-10)14(18)19/h10-12H,3-9H2,1-2H3,(H,16,17)(H,18,19). The van der Waals surface area contributed by atoms with Crippen molar-refractivity contribution in [1.82, 2.24) is 5.32 Å². The smallest absolute Gasteiger partial charge is 0.306 e. The lowest BCUT2D eigenvalue weighted by Crippen LogP contribution is -2.40. The first-order valence-electron chi connectivity index (χ1n) is 7.40. The monoisotopic (exact) mass is 267 g/mol. The molecule has 108 valence electrons. The zero-order chi connectivity index (χ0) is 14.0. The van der Waals surface area contributed by atoms with Crippen LogP contribution in [0.4, 0.5) is 0 Å². The van der Waals surface area contributed by atoms with Crippen molar-refractivity contribution in [3.05, 3.63) is 0 Å². The van der Waals surface area contributed by atoms with Gasteiger partial charge in [-0.3, -0.25) is 9.59 Å². The van der Waals surface area contributed by atoms with E-state index in [4.69, 9.17) is 5.11 Å². The number of hydrogen-bond acceptors (Lipinski definition) is 2. The third-order valence-corrected chi connectivity index (χ3v) is 4.71. The Morgan fingerprint density at radius 3 is 2.42 bits per heavy atom. The fourth-order valence-electron chi connectivity index (χ4n) is 3.53. The van der Waals surface area contributed by atoms with E-state index in [2.05, 4.69) is 19.2 Å². The summed E-state index contributed by atoms with van der Waals surface area (Å²) >= 11 is 0. The van der Waals surface area contributed by atoms with Crippen molar-refractivity contribution < 1.29 is 14.7 Å². The van der Waals surface area contributed by atoms with E-state index in [-0.39, 0.29) is 23.8 Å². The Bertz CT molecular complexity index is 364. The Morgan fingerprint density at radius 2 is 1.84 bits per heavy atom. The Morgan fingerprint density at radius 1 is 1.16 bits per heavy atom. The zero-order valence-electron chi connectivity index (χ0n) is 11.9. The highest BCUT2D eigenvalue weighted by atomic mass is 16.4. The van der Waals surface area contributed by atoms with Gasteiger partial charge in [0.15, 0.2) is 0 Å². The van der Waals surface area contributed by atoms with Gasteiger partial charge in [-0.1, -0.05) is 20.3 Å². The van der Waals surface area contributed by atoms with Gasteiger partial charge < -0.3 is 10.4 Å². The lowest BCUT2D eigenvalue weighted by atomic mass is 9.81. The van der Waals surface area contributed by atoms with Crippen LogP contribution < -0.4 is 5.32 Å². The zero-order valence-corrected chi connectivity index (χ0v) is 11.9. The summed E-state index contributed by atoms with van der Waals surface area (Å²) in [5, 5.41) is 12.2. The lowest BCUT2D eigenvalue weighted by Gasteiger charge is -2.27. The maximum atomic E-state index is 12.2. The molecule has 3 atom stereocenters. The van der Waals surface area contributed by atoms with Gasteiger partial charge in [-0.25, -0.2) is 0 Å². The number of carbonyl (C=O) groups is 2. The molecule has 1 amide bonds. The van der Waals surface area contributed by atoms with Crippen LogP contribution in [0.5, 0.6) is 0 Å². The topological polar surface area (TPSA) is 66.4 Å². The summed E-state index contributed by atoms with van der Waals surface area (Å²) in [7, 11) is 0. The Kier molecular flexibility index (Phi) is 4.16. The minimum Gasteiger partial charge on any atom is -0.481 e. The Balaban J connectivity index is 1.85. The molecule has 0 spiro atoms. The molecule has 2 aliphatic rings. The molecule has 2 fully saturated rings. The fraction of sp³-hybridized carbons (Fsp3) is 0.867. The van der Waals surface area contributed by atoms with Gasteiger partial charge in [0.25, 0.3) is 0 Å². The molecule has 0 heterocycles. The molecule has 0 aromatic heterocycles.